The van der Waals surface area contributed by atoms with Crippen LogP contribution in [0.1, 0.15) is 15.9 Å². The van der Waals surface area contributed by atoms with Gasteiger partial charge in [0.25, 0.3) is 5.91 Å². The molecule has 160 valence electrons. The summed E-state index contributed by atoms with van der Waals surface area (Å²) in [5.74, 6) is 1.11. The van der Waals surface area contributed by atoms with Gasteiger partial charge in [0, 0.05) is 12.7 Å². The van der Waals surface area contributed by atoms with Crippen LogP contribution in [0.5, 0.6) is 17.2 Å². The first-order valence-electron chi connectivity index (χ1n) is 9.81. The normalized spacial score (nSPS) is 10.3. The highest BCUT2D eigenvalue weighted by Crippen LogP contribution is 2.26. The summed E-state index contributed by atoms with van der Waals surface area (Å²) in [6.07, 6.45) is 0. The third-order valence-electron chi connectivity index (χ3n) is 4.55. The monoisotopic (exact) mass is 419 g/mol. The van der Waals surface area contributed by atoms with Crippen molar-refractivity contribution in [2.24, 2.45) is 5.73 Å². The van der Waals surface area contributed by atoms with Crippen LogP contribution < -0.4 is 20.5 Å². The van der Waals surface area contributed by atoms with Crippen LogP contribution >= 0.6 is 0 Å². The van der Waals surface area contributed by atoms with Crippen molar-refractivity contribution in [1.82, 2.24) is 4.90 Å². The molecule has 0 aliphatic carbocycles. The van der Waals surface area contributed by atoms with Gasteiger partial charge in [-0.2, -0.15) is 0 Å². The molecule has 0 fully saturated rings. The van der Waals surface area contributed by atoms with Gasteiger partial charge in [-0.3, -0.25) is 4.79 Å². The number of aryl methyl sites for hydroxylation is 1. The summed E-state index contributed by atoms with van der Waals surface area (Å²) in [5, 5.41) is 2.82. The van der Waals surface area contributed by atoms with Crippen LogP contribution in [0.2, 0.25) is 0 Å². The number of urea groups is 1. The number of nitrogens with one attached hydrogen (secondary N) is 1. The Kier molecular flexibility index (Phi) is 7.11. The quantitative estimate of drug-likeness (QED) is 0.565. The van der Waals surface area contributed by atoms with E-state index in [1.807, 2.05) is 31.2 Å². The number of nitrogens with zero attached hydrogens (tertiary/aromatic N) is 1. The van der Waals surface area contributed by atoms with Crippen molar-refractivity contribution in [3.8, 4) is 17.2 Å². The van der Waals surface area contributed by atoms with Gasteiger partial charge in [-0.15, -0.1) is 0 Å². The van der Waals surface area contributed by atoms with E-state index >= 15 is 0 Å². The van der Waals surface area contributed by atoms with E-state index in [2.05, 4.69) is 5.32 Å². The lowest BCUT2D eigenvalue weighted by Gasteiger charge is -2.18. The fraction of sp³-hybridized carbons (Fsp3) is 0.167. The molecular weight excluding hydrogens is 394 g/mol. The molecular formula is C24H25N3O4. The summed E-state index contributed by atoms with van der Waals surface area (Å²) < 4.78 is 11.4. The predicted molar refractivity (Wildman–Crippen MR) is 120 cm³/mol. The molecule has 7 nitrogen and oxygen atoms in total. The van der Waals surface area contributed by atoms with E-state index in [0.717, 1.165) is 11.3 Å². The molecule has 3 aromatic carbocycles. The Labute approximate surface area is 181 Å². The van der Waals surface area contributed by atoms with Crippen molar-refractivity contribution in [3.05, 3.63) is 83.9 Å². The molecule has 0 bridgehead atoms. The Morgan fingerprint density at radius 3 is 2.26 bits per heavy atom. The van der Waals surface area contributed by atoms with Crippen LogP contribution in [0, 0.1) is 6.92 Å². The number of benzene rings is 3. The molecule has 3 amide bonds. The Morgan fingerprint density at radius 1 is 0.935 bits per heavy atom. The Hall–Kier alpha value is -4.00. The van der Waals surface area contributed by atoms with Gasteiger partial charge < -0.3 is 25.4 Å². The maximum absolute atomic E-state index is 12.4. The van der Waals surface area contributed by atoms with Gasteiger partial charge >= 0.3 is 6.03 Å². The molecule has 0 saturated carbocycles. The zero-order chi connectivity index (χ0) is 22.2. The van der Waals surface area contributed by atoms with E-state index in [0.29, 0.717) is 35.9 Å². The molecule has 0 atom stereocenters. The minimum absolute atomic E-state index is 0.250. The molecule has 3 N–H and O–H groups in total. The molecule has 3 rings (SSSR count). The Balaban J connectivity index is 1.50. The molecule has 0 aliphatic heterocycles. The van der Waals surface area contributed by atoms with Gasteiger partial charge in [0.2, 0.25) is 0 Å². The predicted octanol–water partition coefficient (Wildman–Crippen LogP) is 4.43. The largest absolute Gasteiger partial charge is 0.492 e. The molecule has 0 unspecified atom stereocenters. The van der Waals surface area contributed by atoms with E-state index in [4.69, 9.17) is 15.2 Å². The lowest BCUT2D eigenvalue weighted by atomic mass is 10.2. The first kappa shape index (κ1) is 21.7. The number of carbonyl (C=O) groups excluding carboxylic acids is 2. The lowest BCUT2D eigenvalue weighted by Crippen LogP contribution is -2.34. The Morgan fingerprint density at radius 2 is 1.58 bits per heavy atom. The number of carbonyl (C=O) groups is 2. The number of nitrogens with two attached hydrogens (primary N) is 1. The first-order valence-corrected chi connectivity index (χ1v) is 9.81. The van der Waals surface area contributed by atoms with Gasteiger partial charge in [0.15, 0.2) is 0 Å². The zero-order valence-electron chi connectivity index (χ0n) is 17.5. The average Bonchev–Trinajstić information content (AvgIpc) is 2.76. The summed E-state index contributed by atoms with van der Waals surface area (Å²) in [4.78, 5) is 25.4. The molecule has 0 heterocycles. The number of anilines is 1. The fourth-order valence-electron chi connectivity index (χ4n) is 2.75. The molecule has 3 aromatic rings. The highest BCUT2D eigenvalue weighted by molar-refractivity contribution is 5.95. The van der Waals surface area contributed by atoms with Crippen LogP contribution in [0.25, 0.3) is 0 Å². The van der Waals surface area contributed by atoms with Gasteiger partial charge in [-0.25, -0.2) is 4.79 Å². The van der Waals surface area contributed by atoms with E-state index in [1.54, 1.807) is 60.5 Å². The number of para-hydroxylation sites is 1. The van der Waals surface area contributed by atoms with Gasteiger partial charge in [0.05, 0.1) is 12.1 Å². The number of primary amides is 1. The topological polar surface area (TPSA) is 93.9 Å². The molecule has 0 saturated heterocycles. The zero-order valence-corrected chi connectivity index (χ0v) is 17.5. The second-order valence-corrected chi connectivity index (χ2v) is 7.00. The fourth-order valence-corrected chi connectivity index (χ4v) is 2.75. The molecule has 0 aliphatic rings. The third kappa shape index (κ3) is 6.24. The number of hydrogen-bond donors (Lipinski definition) is 2. The SMILES string of the molecule is Cc1ccc(OCCN(C)C(=O)Nc2ccc(Oc3ccccc3C(N)=O)cc2)cc1. The smallest absolute Gasteiger partial charge is 0.321 e. The Bertz CT molecular complexity index is 1030. The van der Waals surface area contributed by atoms with E-state index < -0.39 is 5.91 Å². The maximum atomic E-state index is 12.4. The second kappa shape index (κ2) is 10.2. The van der Waals surface area contributed by atoms with Crippen molar-refractivity contribution in [1.29, 1.82) is 0 Å². The number of likely N-dealkylation sites (N-methyl/N-ethyl adjacent to an activating group) is 1. The molecule has 0 aromatic heterocycles. The van der Waals surface area contributed by atoms with Crippen LogP contribution in [-0.4, -0.2) is 37.0 Å². The van der Waals surface area contributed by atoms with E-state index in [9.17, 15) is 9.59 Å². The molecule has 0 spiro atoms. The van der Waals surface area contributed by atoms with Gasteiger partial charge in [-0.1, -0.05) is 29.8 Å². The summed E-state index contributed by atoms with van der Waals surface area (Å²) in [6.45, 7) is 2.84. The number of hydrogen-bond acceptors (Lipinski definition) is 4. The number of amides is 3. The minimum Gasteiger partial charge on any atom is -0.492 e. The highest BCUT2D eigenvalue weighted by atomic mass is 16.5. The van der Waals surface area contributed by atoms with Crippen LogP contribution in [0.3, 0.4) is 0 Å². The first-order chi connectivity index (χ1) is 14.9. The van der Waals surface area contributed by atoms with Crippen molar-refractivity contribution in [2.75, 3.05) is 25.5 Å². The van der Waals surface area contributed by atoms with Crippen LogP contribution in [0.4, 0.5) is 10.5 Å². The van der Waals surface area contributed by atoms with E-state index in [1.165, 1.54) is 0 Å². The summed E-state index contributed by atoms with van der Waals surface area (Å²) in [6, 6.07) is 21.1. The van der Waals surface area contributed by atoms with Gasteiger partial charge in [0.1, 0.15) is 23.9 Å². The number of ether oxygens (including phenoxy) is 2. The highest BCUT2D eigenvalue weighted by Gasteiger charge is 2.11. The molecule has 7 heteroatoms. The van der Waals surface area contributed by atoms with Crippen molar-refractivity contribution < 1.29 is 19.1 Å². The maximum Gasteiger partial charge on any atom is 0.321 e. The van der Waals surface area contributed by atoms with Crippen LogP contribution in [-0.2, 0) is 0 Å². The average molecular weight is 419 g/mol. The van der Waals surface area contributed by atoms with Crippen molar-refractivity contribution in [2.45, 2.75) is 6.92 Å². The third-order valence-corrected chi connectivity index (χ3v) is 4.55. The van der Waals surface area contributed by atoms with Crippen LogP contribution in [0.15, 0.2) is 72.8 Å². The summed E-state index contributed by atoms with van der Waals surface area (Å²) in [5.41, 5.74) is 7.45. The second-order valence-electron chi connectivity index (χ2n) is 7.00. The van der Waals surface area contributed by atoms with E-state index in [-0.39, 0.29) is 6.03 Å². The summed E-state index contributed by atoms with van der Waals surface area (Å²) >= 11 is 0. The van der Waals surface area contributed by atoms with Crippen molar-refractivity contribution >= 4 is 17.6 Å². The summed E-state index contributed by atoms with van der Waals surface area (Å²) in [7, 11) is 1.70. The lowest BCUT2D eigenvalue weighted by molar-refractivity contribution is 0.0998. The molecule has 0 radical (unpaired) electrons. The standard InChI is InChI=1S/C24H25N3O4/c1-17-7-11-19(12-8-17)30-16-15-27(2)24(29)26-18-9-13-20(14-10-18)31-22-6-4-3-5-21(22)23(25)28/h3-14H,15-16H2,1-2H3,(H2,25,28)(H,26,29). The molecule has 31 heavy (non-hydrogen) atoms. The number of rotatable bonds is 8. The van der Waals surface area contributed by atoms with Gasteiger partial charge in [-0.05, 0) is 55.5 Å². The minimum atomic E-state index is -0.561. The van der Waals surface area contributed by atoms with Crippen molar-refractivity contribution in [3.63, 3.8) is 0 Å².